The maximum Gasteiger partial charge on any atom is 0.149 e. The summed E-state index contributed by atoms with van der Waals surface area (Å²) in [6.45, 7) is -0.462. The van der Waals surface area contributed by atoms with Gasteiger partial charge in [0, 0.05) is 6.42 Å². The maximum atomic E-state index is 10.3. The number of aliphatic hydroxyl groups is 4. The Kier molecular flexibility index (Phi) is 5.53. The monoisotopic (exact) mass is 397 g/mol. The molecule has 0 saturated carbocycles. The van der Waals surface area contributed by atoms with Crippen LogP contribution in [0.2, 0.25) is 0 Å². The number of ether oxygens (including phenoxy) is 1. The lowest BCUT2D eigenvalue weighted by Gasteiger charge is -2.40. The van der Waals surface area contributed by atoms with E-state index in [-0.39, 0.29) is 0 Å². The highest BCUT2D eigenvalue weighted by atomic mass is 16.5. The van der Waals surface area contributed by atoms with Gasteiger partial charge in [-0.3, -0.25) is 0 Å². The van der Waals surface area contributed by atoms with Crippen molar-refractivity contribution in [2.75, 3.05) is 6.61 Å². The Labute approximate surface area is 167 Å². The van der Waals surface area contributed by atoms with Crippen LogP contribution in [0.1, 0.15) is 22.8 Å². The molecule has 6 atom stereocenters. The van der Waals surface area contributed by atoms with Crippen LogP contribution in [-0.4, -0.2) is 57.7 Å². The predicted molar refractivity (Wildman–Crippen MR) is 104 cm³/mol. The summed E-state index contributed by atoms with van der Waals surface area (Å²) in [7, 11) is 0. The van der Waals surface area contributed by atoms with Crippen LogP contribution in [0.25, 0.3) is 0 Å². The minimum absolute atomic E-state index is 0.462. The molecule has 8 heteroatoms. The zero-order valence-corrected chi connectivity index (χ0v) is 15.6. The molecule has 0 radical (unpaired) electrons. The average Bonchev–Trinajstić information content (AvgIpc) is 3.23. The number of nitrogens with zero attached hydrogens (tertiary/aromatic N) is 3. The second-order valence-corrected chi connectivity index (χ2v) is 7.39. The van der Waals surface area contributed by atoms with Crippen LogP contribution >= 0.6 is 0 Å². The highest BCUT2D eigenvalue weighted by Gasteiger charge is 2.44. The van der Waals surface area contributed by atoms with Gasteiger partial charge in [0.05, 0.1) is 12.8 Å². The molecule has 4 rings (SSSR count). The van der Waals surface area contributed by atoms with Crippen molar-refractivity contribution < 1.29 is 25.2 Å². The van der Waals surface area contributed by atoms with Crippen molar-refractivity contribution in [3.8, 4) is 0 Å². The van der Waals surface area contributed by atoms with Crippen molar-refractivity contribution >= 4 is 6.21 Å². The summed E-state index contributed by atoms with van der Waals surface area (Å²) in [5.41, 5.74) is 1.87. The fourth-order valence-electron chi connectivity index (χ4n) is 3.81. The summed E-state index contributed by atoms with van der Waals surface area (Å²) in [6.07, 6.45) is -3.62. The van der Waals surface area contributed by atoms with Gasteiger partial charge in [-0.25, -0.2) is 0 Å². The molecule has 29 heavy (non-hydrogen) atoms. The highest BCUT2D eigenvalue weighted by molar-refractivity contribution is 5.75. The molecule has 2 heterocycles. The fraction of sp³-hybridized carbons (Fsp3) is 0.381. The number of benzene rings is 2. The third-order valence-electron chi connectivity index (χ3n) is 5.49. The summed E-state index contributed by atoms with van der Waals surface area (Å²) in [5.74, 6) is 0. The van der Waals surface area contributed by atoms with E-state index in [0.29, 0.717) is 12.0 Å². The van der Waals surface area contributed by atoms with Crippen LogP contribution in [0.4, 0.5) is 0 Å². The molecule has 0 aliphatic carbocycles. The summed E-state index contributed by atoms with van der Waals surface area (Å²) in [6, 6.07) is 17.2. The minimum atomic E-state index is -1.41. The van der Waals surface area contributed by atoms with Gasteiger partial charge in [-0.2, -0.15) is 5.11 Å². The van der Waals surface area contributed by atoms with E-state index in [9.17, 15) is 20.4 Å². The third-order valence-corrected chi connectivity index (χ3v) is 5.49. The second kappa shape index (κ2) is 8.10. The fourth-order valence-corrected chi connectivity index (χ4v) is 3.81. The largest absolute Gasteiger partial charge is 0.394 e. The van der Waals surface area contributed by atoms with Gasteiger partial charge in [-0.1, -0.05) is 54.6 Å². The minimum Gasteiger partial charge on any atom is -0.394 e. The van der Waals surface area contributed by atoms with Gasteiger partial charge < -0.3 is 25.2 Å². The molecule has 0 bridgehead atoms. The van der Waals surface area contributed by atoms with Crippen LogP contribution in [-0.2, 0) is 16.7 Å². The molecule has 4 N–H and O–H groups in total. The van der Waals surface area contributed by atoms with E-state index in [1.54, 1.807) is 18.3 Å². The normalized spacial score (nSPS) is 33.9. The van der Waals surface area contributed by atoms with Gasteiger partial charge in [-0.15, -0.1) is 5.10 Å². The molecule has 152 valence electrons. The third kappa shape index (κ3) is 3.73. The SMILES string of the molecule is OC[C@H]1O[C@H](c2ccc(C3(Cc4ccccc4)C=NN=N3)cc2)[C@@H](O)[C@@H](O)[C@@H]1O. The Morgan fingerprint density at radius 2 is 1.62 bits per heavy atom. The first-order chi connectivity index (χ1) is 14.0. The van der Waals surface area contributed by atoms with Crippen molar-refractivity contribution in [3.63, 3.8) is 0 Å². The van der Waals surface area contributed by atoms with E-state index in [2.05, 4.69) is 15.4 Å². The van der Waals surface area contributed by atoms with Gasteiger partial charge in [0.2, 0.25) is 0 Å². The van der Waals surface area contributed by atoms with Gasteiger partial charge >= 0.3 is 0 Å². The summed E-state index contributed by atoms with van der Waals surface area (Å²) >= 11 is 0. The molecule has 2 aromatic rings. The molecule has 0 spiro atoms. The molecule has 1 unspecified atom stereocenters. The first kappa shape index (κ1) is 19.8. The molecule has 2 aromatic carbocycles. The molecule has 2 aliphatic rings. The van der Waals surface area contributed by atoms with Gasteiger partial charge in [0.25, 0.3) is 0 Å². The molecule has 1 saturated heterocycles. The summed E-state index contributed by atoms with van der Waals surface area (Å²) < 4.78 is 5.62. The zero-order chi connectivity index (χ0) is 20.4. The molecule has 1 fully saturated rings. The Bertz CT molecular complexity index is 873. The lowest BCUT2D eigenvalue weighted by atomic mass is 9.84. The summed E-state index contributed by atoms with van der Waals surface area (Å²) in [5, 5.41) is 51.8. The van der Waals surface area contributed by atoms with Gasteiger partial charge in [-0.05, 0) is 21.9 Å². The second-order valence-electron chi connectivity index (χ2n) is 7.39. The van der Waals surface area contributed by atoms with E-state index >= 15 is 0 Å². The van der Waals surface area contributed by atoms with Crippen molar-refractivity contribution in [1.82, 2.24) is 0 Å². The topological polar surface area (TPSA) is 127 Å². The Morgan fingerprint density at radius 1 is 0.897 bits per heavy atom. The molecule has 2 aliphatic heterocycles. The number of aliphatic hydroxyl groups excluding tert-OH is 4. The number of hydrogen-bond acceptors (Lipinski definition) is 8. The zero-order valence-electron chi connectivity index (χ0n) is 15.6. The lowest BCUT2D eigenvalue weighted by molar-refractivity contribution is -0.231. The van der Waals surface area contributed by atoms with E-state index < -0.39 is 42.7 Å². The summed E-state index contributed by atoms with van der Waals surface area (Å²) in [4.78, 5) is 0. The average molecular weight is 397 g/mol. The highest BCUT2D eigenvalue weighted by Crippen LogP contribution is 2.36. The Balaban J connectivity index is 1.60. The first-order valence-corrected chi connectivity index (χ1v) is 9.45. The smallest absolute Gasteiger partial charge is 0.149 e. The lowest BCUT2D eigenvalue weighted by Crippen LogP contribution is -2.55. The maximum absolute atomic E-state index is 10.3. The van der Waals surface area contributed by atoms with Crippen LogP contribution in [0.15, 0.2) is 70.0 Å². The van der Waals surface area contributed by atoms with E-state index in [1.807, 2.05) is 42.5 Å². The van der Waals surface area contributed by atoms with Crippen molar-refractivity contribution in [2.24, 2.45) is 15.4 Å². The Hall–Kier alpha value is -2.49. The number of hydrogen-bond donors (Lipinski definition) is 4. The molecule has 0 amide bonds. The first-order valence-electron chi connectivity index (χ1n) is 9.45. The van der Waals surface area contributed by atoms with E-state index in [1.165, 1.54) is 0 Å². The predicted octanol–water partition coefficient (Wildman–Crippen LogP) is 1.09. The molecular formula is C21H23N3O5. The van der Waals surface area contributed by atoms with Crippen molar-refractivity contribution in [1.29, 1.82) is 0 Å². The molecule has 8 nitrogen and oxygen atoms in total. The van der Waals surface area contributed by atoms with E-state index in [4.69, 9.17) is 4.74 Å². The van der Waals surface area contributed by atoms with Crippen LogP contribution in [0, 0.1) is 0 Å². The van der Waals surface area contributed by atoms with Crippen molar-refractivity contribution in [2.45, 2.75) is 42.5 Å². The molecular weight excluding hydrogens is 374 g/mol. The molecule has 0 aromatic heterocycles. The van der Waals surface area contributed by atoms with Crippen LogP contribution in [0.3, 0.4) is 0 Å². The van der Waals surface area contributed by atoms with Crippen molar-refractivity contribution in [3.05, 3.63) is 71.3 Å². The van der Waals surface area contributed by atoms with Crippen LogP contribution < -0.4 is 0 Å². The number of rotatable bonds is 5. The standard InChI is InChI=1S/C21H23N3O5/c25-11-16-17(26)18(27)19(28)20(29-16)14-6-8-15(9-7-14)21(12-22-24-23-21)10-13-4-2-1-3-5-13/h1-9,12,16-20,25-28H,10-11H2/t16-,17-,18+,19+,20-,21?/m1/s1. The van der Waals surface area contributed by atoms with Crippen LogP contribution in [0.5, 0.6) is 0 Å². The quantitative estimate of drug-likeness (QED) is 0.601. The Morgan fingerprint density at radius 3 is 2.24 bits per heavy atom. The van der Waals surface area contributed by atoms with E-state index in [0.717, 1.165) is 11.1 Å². The van der Waals surface area contributed by atoms with Gasteiger partial charge in [0.1, 0.15) is 36.1 Å². The van der Waals surface area contributed by atoms with Gasteiger partial charge in [0.15, 0.2) is 0 Å².